The van der Waals surface area contributed by atoms with E-state index in [4.69, 9.17) is 0 Å². The van der Waals surface area contributed by atoms with E-state index in [2.05, 4.69) is 45.1 Å². The van der Waals surface area contributed by atoms with E-state index in [1.54, 1.807) is 0 Å². The van der Waals surface area contributed by atoms with Crippen LogP contribution in [0.25, 0.3) is 0 Å². The maximum Gasteiger partial charge on any atom is 0.240 e. The SMILES string of the molecule is CC(C)N(Cc1ccccc1)C(=O)C1NCCCC1(C)C. The summed E-state index contributed by atoms with van der Waals surface area (Å²) in [5, 5.41) is 3.44. The highest BCUT2D eigenvalue weighted by molar-refractivity contribution is 5.83. The van der Waals surface area contributed by atoms with Crippen molar-refractivity contribution >= 4 is 5.91 Å². The maximum absolute atomic E-state index is 13.0. The number of hydrogen-bond donors (Lipinski definition) is 1. The molecule has 0 aliphatic carbocycles. The fraction of sp³-hybridized carbons (Fsp3) is 0.611. The van der Waals surface area contributed by atoms with Crippen molar-refractivity contribution < 1.29 is 4.79 Å². The summed E-state index contributed by atoms with van der Waals surface area (Å²) in [7, 11) is 0. The average molecular weight is 288 g/mol. The Morgan fingerprint density at radius 1 is 1.33 bits per heavy atom. The van der Waals surface area contributed by atoms with Crippen molar-refractivity contribution in [3.8, 4) is 0 Å². The normalized spacial score (nSPS) is 21.3. The molecule has 2 rings (SSSR count). The summed E-state index contributed by atoms with van der Waals surface area (Å²) in [6, 6.07) is 10.4. The zero-order valence-corrected chi connectivity index (χ0v) is 13.7. The molecule has 0 radical (unpaired) electrons. The fourth-order valence-corrected chi connectivity index (χ4v) is 3.09. The Hall–Kier alpha value is -1.35. The van der Waals surface area contributed by atoms with Crippen LogP contribution in [0.5, 0.6) is 0 Å². The summed E-state index contributed by atoms with van der Waals surface area (Å²) in [6.07, 6.45) is 2.25. The molecule has 1 saturated heterocycles. The van der Waals surface area contributed by atoms with Gasteiger partial charge in [-0.05, 0) is 44.2 Å². The molecule has 1 atom stereocenters. The first-order chi connectivity index (χ1) is 9.92. The van der Waals surface area contributed by atoms with E-state index >= 15 is 0 Å². The molecule has 1 fully saturated rings. The van der Waals surface area contributed by atoms with Gasteiger partial charge in [-0.25, -0.2) is 0 Å². The minimum atomic E-state index is -0.0719. The zero-order valence-electron chi connectivity index (χ0n) is 13.7. The van der Waals surface area contributed by atoms with E-state index in [9.17, 15) is 4.79 Å². The van der Waals surface area contributed by atoms with Crippen LogP contribution in [0, 0.1) is 5.41 Å². The quantitative estimate of drug-likeness (QED) is 0.922. The summed E-state index contributed by atoms with van der Waals surface area (Å²) in [6.45, 7) is 10.2. The standard InChI is InChI=1S/C18H28N2O/c1-14(2)20(13-15-9-6-5-7-10-15)17(21)16-18(3,4)11-8-12-19-16/h5-7,9-10,14,16,19H,8,11-13H2,1-4H3. The van der Waals surface area contributed by atoms with Crippen LogP contribution in [-0.2, 0) is 11.3 Å². The monoisotopic (exact) mass is 288 g/mol. The van der Waals surface area contributed by atoms with Gasteiger partial charge in [0.2, 0.25) is 5.91 Å². The first-order valence-electron chi connectivity index (χ1n) is 7.99. The molecule has 0 bridgehead atoms. The lowest BCUT2D eigenvalue weighted by Gasteiger charge is -2.42. The van der Waals surface area contributed by atoms with Gasteiger partial charge in [0, 0.05) is 12.6 Å². The predicted octanol–water partition coefficient (Wildman–Crippen LogP) is 3.20. The Balaban J connectivity index is 2.16. The lowest BCUT2D eigenvalue weighted by molar-refractivity contribution is -0.139. The number of carbonyl (C=O) groups excluding carboxylic acids is 1. The van der Waals surface area contributed by atoms with E-state index in [0.717, 1.165) is 19.4 Å². The van der Waals surface area contributed by atoms with Gasteiger partial charge >= 0.3 is 0 Å². The third-order valence-electron chi connectivity index (χ3n) is 4.48. The van der Waals surface area contributed by atoms with Crippen LogP contribution in [0.15, 0.2) is 30.3 Å². The van der Waals surface area contributed by atoms with Crippen LogP contribution in [0.4, 0.5) is 0 Å². The van der Waals surface area contributed by atoms with Gasteiger partial charge in [0.05, 0.1) is 6.04 Å². The van der Waals surface area contributed by atoms with Crippen LogP contribution < -0.4 is 5.32 Å². The summed E-state index contributed by atoms with van der Waals surface area (Å²) in [4.78, 5) is 15.0. The molecular weight excluding hydrogens is 260 g/mol. The number of nitrogens with zero attached hydrogens (tertiary/aromatic N) is 1. The minimum absolute atomic E-state index is 0.0269. The number of carbonyl (C=O) groups is 1. The highest BCUT2D eigenvalue weighted by Gasteiger charge is 2.39. The Morgan fingerprint density at radius 2 is 2.00 bits per heavy atom. The zero-order chi connectivity index (χ0) is 15.5. The molecule has 1 aromatic carbocycles. The molecule has 1 unspecified atom stereocenters. The molecule has 3 heteroatoms. The molecule has 1 N–H and O–H groups in total. The summed E-state index contributed by atoms with van der Waals surface area (Å²) < 4.78 is 0. The highest BCUT2D eigenvalue weighted by atomic mass is 16.2. The molecule has 1 aromatic rings. The topological polar surface area (TPSA) is 32.3 Å². The third kappa shape index (κ3) is 3.85. The Bertz CT molecular complexity index is 467. The summed E-state index contributed by atoms with van der Waals surface area (Å²) >= 11 is 0. The fourth-order valence-electron chi connectivity index (χ4n) is 3.09. The van der Waals surface area contributed by atoms with Crippen LogP contribution in [0.3, 0.4) is 0 Å². The van der Waals surface area contributed by atoms with Gasteiger partial charge in [-0.3, -0.25) is 4.79 Å². The van der Waals surface area contributed by atoms with Crippen molar-refractivity contribution in [1.82, 2.24) is 10.2 Å². The number of piperidine rings is 1. The highest BCUT2D eigenvalue weighted by Crippen LogP contribution is 2.31. The van der Waals surface area contributed by atoms with E-state index in [0.29, 0.717) is 6.54 Å². The molecule has 1 heterocycles. The number of benzene rings is 1. The van der Waals surface area contributed by atoms with Crippen LogP contribution in [-0.4, -0.2) is 29.4 Å². The molecular formula is C18H28N2O. The van der Waals surface area contributed by atoms with Crippen molar-refractivity contribution in [3.05, 3.63) is 35.9 Å². The lowest BCUT2D eigenvalue weighted by Crippen LogP contribution is -2.57. The van der Waals surface area contributed by atoms with Gasteiger partial charge in [-0.1, -0.05) is 44.2 Å². The van der Waals surface area contributed by atoms with E-state index < -0.39 is 0 Å². The van der Waals surface area contributed by atoms with E-state index in [-0.39, 0.29) is 23.4 Å². The average Bonchev–Trinajstić information content (AvgIpc) is 2.44. The molecule has 0 saturated carbocycles. The van der Waals surface area contributed by atoms with Crippen LogP contribution >= 0.6 is 0 Å². The lowest BCUT2D eigenvalue weighted by atomic mass is 9.77. The second kappa shape index (κ2) is 6.61. The first-order valence-corrected chi connectivity index (χ1v) is 7.99. The molecule has 21 heavy (non-hydrogen) atoms. The Labute approximate surface area is 128 Å². The van der Waals surface area contributed by atoms with Gasteiger partial charge in [-0.2, -0.15) is 0 Å². The van der Waals surface area contributed by atoms with Crippen molar-refractivity contribution in [2.75, 3.05) is 6.54 Å². The number of amides is 1. The van der Waals surface area contributed by atoms with Gasteiger partial charge in [0.15, 0.2) is 0 Å². The summed E-state index contributed by atoms with van der Waals surface area (Å²) in [5.74, 6) is 0.235. The van der Waals surface area contributed by atoms with Crippen molar-refractivity contribution in [2.45, 2.75) is 59.2 Å². The first kappa shape index (κ1) is 16.0. The van der Waals surface area contributed by atoms with E-state index in [1.165, 1.54) is 5.56 Å². The van der Waals surface area contributed by atoms with Gasteiger partial charge in [-0.15, -0.1) is 0 Å². The molecule has 0 spiro atoms. The van der Waals surface area contributed by atoms with Crippen LogP contribution in [0.1, 0.15) is 46.1 Å². The molecule has 1 aliphatic rings. The predicted molar refractivity (Wildman–Crippen MR) is 86.9 cm³/mol. The minimum Gasteiger partial charge on any atom is -0.335 e. The van der Waals surface area contributed by atoms with Gasteiger partial charge in [0.1, 0.15) is 0 Å². The maximum atomic E-state index is 13.0. The largest absolute Gasteiger partial charge is 0.335 e. The van der Waals surface area contributed by atoms with Gasteiger partial charge in [0.25, 0.3) is 0 Å². The second-order valence-electron chi connectivity index (χ2n) is 7.02. The van der Waals surface area contributed by atoms with Gasteiger partial charge < -0.3 is 10.2 Å². The van der Waals surface area contributed by atoms with Crippen molar-refractivity contribution in [3.63, 3.8) is 0 Å². The van der Waals surface area contributed by atoms with Crippen molar-refractivity contribution in [1.29, 1.82) is 0 Å². The number of hydrogen-bond acceptors (Lipinski definition) is 2. The molecule has 3 nitrogen and oxygen atoms in total. The molecule has 1 amide bonds. The van der Waals surface area contributed by atoms with Crippen LogP contribution in [0.2, 0.25) is 0 Å². The number of nitrogens with one attached hydrogen (secondary N) is 1. The smallest absolute Gasteiger partial charge is 0.240 e. The molecule has 1 aliphatic heterocycles. The second-order valence-corrected chi connectivity index (χ2v) is 7.02. The molecule has 116 valence electrons. The summed E-state index contributed by atoms with van der Waals surface area (Å²) in [5.41, 5.74) is 1.22. The molecule has 0 aromatic heterocycles. The van der Waals surface area contributed by atoms with Crippen molar-refractivity contribution in [2.24, 2.45) is 5.41 Å². The van der Waals surface area contributed by atoms with E-state index in [1.807, 2.05) is 23.1 Å². The third-order valence-corrected chi connectivity index (χ3v) is 4.48. The Kier molecular flexibility index (Phi) is 5.04. The Morgan fingerprint density at radius 3 is 2.57 bits per heavy atom. The number of rotatable bonds is 4.